The smallest absolute Gasteiger partial charge is 0.301 e. The van der Waals surface area contributed by atoms with Crippen molar-refractivity contribution in [1.29, 1.82) is 0 Å². The van der Waals surface area contributed by atoms with Crippen LogP contribution in [0, 0.1) is 0 Å². The van der Waals surface area contributed by atoms with E-state index in [0.717, 1.165) is 5.56 Å². The summed E-state index contributed by atoms with van der Waals surface area (Å²) in [6.45, 7) is 0. The third-order valence-corrected chi connectivity index (χ3v) is 8.18. The zero-order valence-corrected chi connectivity index (χ0v) is 21.9. The molecular formula is C27H20ClN3O4S2. The minimum absolute atomic E-state index is 0.0359. The Kier molecular flexibility index (Phi) is 7.27. The summed E-state index contributed by atoms with van der Waals surface area (Å²) in [5, 5.41) is 20.4. The number of carbonyl (C=O) groups is 2. The van der Waals surface area contributed by atoms with Gasteiger partial charge in [-0.3, -0.25) is 14.5 Å². The van der Waals surface area contributed by atoms with Crippen LogP contribution in [0.5, 0.6) is 5.75 Å². The van der Waals surface area contributed by atoms with E-state index < -0.39 is 17.7 Å². The monoisotopic (exact) mass is 549 g/mol. The molecule has 10 heteroatoms. The quantitative estimate of drug-likeness (QED) is 0.0976. The van der Waals surface area contributed by atoms with E-state index in [1.165, 1.54) is 28.0 Å². The van der Waals surface area contributed by atoms with Crippen molar-refractivity contribution in [1.82, 2.24) is 10.2 Å². The molecule has 1 amide bonds. The van der Waals surface area contributed by atoms with Crippen LogP contribution in [-0.4, -0.2) is 34.1 Å². The van der Waals surface area contributed by atoms with Crippen molar-refractivity contribution in [3.05, 3.63) is 106 Å². The minimum Gasteiger partial charge on any atom is -0.507 e. The van der Waals surface area contributed by atoms with E-state index in [-0.39, 0.29) is 16.5 Å². The molecule has 1 aliphatic rings. The number of benzene rings is 3. The van der Waals surface area contributed by atoms with Gasteiger partial charge in [-0.05, 0) is 47.5 Å². The number of ketones is 1. The number of aliphatic hydroxyl groups is 1. The van der Waals surface area contributed by atoms with Gasteiger partial charge in [0.05, 0.1) is 18.7 Å². The number of rotatable bonds is 7. The predicted molar refractivity (Wildman–Crippen MR) is 145 cm³/mol. The molecule has 0 radical (unpaired) electrons. The fourth-order valence-electron chi connectivity index (χ4n) is 3.97. The van der Waals surface area contributed by atoms with Gasteiger partial charge >= 0.3 is 5.91 Å². The predicted octanol–water partition coefficient (Wildman–Crippen LogP) is 6.12. The lowest BCUT2D eigenvalue weighted by molar-refractivity contribution is -0.132. The lowest BCUT2D eigenvalue weighted by Crippen LogP contribution is -2.29. The van der Waals surface area contributed by atoms with Gasteiger partial charge < -0.3 is 9.84 Å². The van der Waals surface area contributed by atoms with Crippen LogP contribution in [0.4, 0.5) is 5.13 Å². The van der Waals surface area contributed by atoms with Crippen molar-refractivity contribution in [2.75, 3.05) is 12.0 Å². The molecule has 0 spiro atoms. The Hall–Kier alpha value is -3.66. The van der Waals surface area contributed by atoms with E-state index in [9.17, 15) is 14.7 Å². The number of halogens is 1. The lowest BCUT2D eigenvalue weighted by Gasteiger charge is -2.22. The molecule has 186 valence electrons. The van der Waals surface area contributed by atoms with Crippen LogP contribution in [0.2, 0.25) is 5.02 Å². The Morgan fingerprint density at radius 1 is 1.03 bits per heavy atom. The standard InChI is InChI=1S/C27H20ClN3O4S2/c1-35-20-13-9-17(10-14-20)22-21(23(32)18-7-11-19(28)12-8-18)24(33)25(34)31(22)26-29-30-27(37-26)36-15-16-5-3-2-4-6-16/h2-14,22,32H,15H2,1H3/b23-21+. The Balaban J connectivity index is 1.55. The number of anilines is 1. The van der Waals surface area contributed by atoms with Crippen LogP contribution in [0.25, 0.3) is 5.76 Å². The fraction of sp³-hybridized carbons (Fsp3) is 0.111. The first kappa shape index (κ1) is 25.0. The SMILES string of the molecule is COc1ccc(C2/C(=C(\O)c3ccc(Cl)cc3)C(=O)C(=O)N2c2nnc(SCc3ccccc3)s2)cc1. The van der Waals surface area contributed by atoms with Crippen LogP contribution in [0.1, 0.15) is 22.7 Å². The molecule has 37 heavy (non-hydrogen) atoms. The zero-order chi connectivity index (χ0) is 25.9. The van der Waals surface area contributed by atoms with Crippen LogP contribution >= 0.6 is 34.7 Å². The highest BCUT2D eigenvalue weighted by Crippen LogP contribution is 2.44. The van der Waals surface area contributed by atoms with E-state index in [4.69, 9.17) is 16.3 Å². The number of hydrogen-bond donors (Lipinski definition) is 1. The van der Waals surface area contributed by atoms with Crippen molar-refractivity contribution in [3.8, 4) is 5.75 Å². The van der Waals surface area contributed by atoms with Crippen molar-refractivity contribution in [2.45, 2.75) is 16.1 Å². The first-order chi connectivity index (χ1) is 18.0. The van der Waals surface area contributed by atoms with E-state index >= 15 is 0 Å². The zero-order valence-electron chi connectivity index (χ0n) is 19.5. The number of aliphatic hydroxyl groups excluding tert-OH is 1. The molecule has 0 aliphatic carbocycles. The summed E-state index contributed by atoms with van der Waals surface area (Å²) < 4.78 is 5.92. The maximum Gasteiger partial charge on any atom is 0.301 e. The van der Waals surface area contributed by atoms with Crippen LogP contribution < -0.4 is 9.64 Å². The lowest BCUT2D eigenvalue weighted by atomic mass is 9.95. The van der Waals surface area contributed by atoms with Crippen LogP contribution in [0.3, 0.4) is 0 Å². The number of hydrogen-bond acceptors (Lipinski definition) is 8. The number of aromatic nitrogens is 2. The summed E-state index contributed by atoms with van der Waals surface area (Å²) in [6, 6.07) is 22.4. The Bertz CT molecular complexity index is 1470. The third-order valence-electron chi connectivity index (χ3n) is 5.80. The largest absolute Gasteiger partial charge is 0.507 e. The van der Waals surface area contributed by atoms with Gasteiger partial charge in [0.15, 0.2) is 4.34 Å². The minimum atomic E-state index is -0.901. The number of amides is 1. The number of Topliss-reactive ketones (excluding diaryl/α,β-unsaturated/α-hetero) is 1. The van der Waals surface area contributed by atoms with Gasteiger partial charge in [-0.2, -0.15) is 0 Å². The molecule has 5 rings (SSSR count). The van der Waals surface area contributed by atoms with E-state index in [0.29, 0.717) is 32.0 Å². The summed E-state index contributed by atoms with van der Waals surface area (Å²) in [5.41, 5.74) is 2.08. The maximum atomic E-state index is 13.3. The molecule has 1 aromatic heterocycles. The van der Waals surface area contributed by atoms with Crippen molar-refractivity contribution < 1.29 is 19.4 Å². The molecule has 0 bridgehead atoms. The van der Waals surface area contributed by atoms with Crippen molar-refractivity contribution >= 4 is 57.3 Å². The average Bonchev–Trinajstić information content (AvgIpc) is 3.50. The number of ether oxygens (including phenoxy) is 1. The Morgan fingerprint density at radius 3 is 2.41 bits per heavy atom. The summed E-state index contributed by atoms with van der Waals surface area (Å²) >= 11 is 8.71. The summed E-state index contributed by atoms with van der Waals surface area (Å²) in [5.74, 6) is -0.572. The molecule has 1 atom stereocenters. The molecule has 1 aliphatic heterocycles. The van der Waals surface area contributed by atoms with Gasteiger partial charge in [0.1, 0.15) is 11.5 Å². The first-order valence-electron chi connectivity index (χ1n) is 11.2. The van der Waals surface area contributed by atoms with Crippen molar-refractivity contribution in [2.24, 2.45) is 0 Å². The molecular weight excluding hydrogens is 530 g/mol. The van der Waals surface area contributed by atoms with Crippen LogP contribution in [-0.2, 0) is 15.3 Å². The van der Waals surface area contributed by atoms with E-state index in [2.05, 4.69) is 10.2 Å². The van der Waals surface area contributed by atoms with Crippen LogP contribution in [0.15, 0.2) is 88.8 Å². The normalized spacial score (nSPS) is 16.8. The number of nitrogens with zero attached hydrogens (tertiary/aromatic N) is 3. The molecule has 4 aromatic rings. The molecule has 7 nitrogen and oxygen atoms in total. The van der Waals surface area contributed by atoms with Crippen molar-refractivity contribution in [3.63, 3.8) is 0 Å². The first-order valence-corrected chi connectivity index (χ1v) is 13.4. The second kappa shape index (κ2) is 10.8. The molecule has 1 unspecified atom stereocenters. The second-order valence-electron chi connectivity index (χ2n) is 8.07. The number of methoxy groups -OCH3 is 1. The van der Waals surface area contributed by atoms with Gasteiger partial charge in [0, 0.05) is 16.3 Å². The Morgan fingerprint density at radius 2 is 1.73 bits per heavy atom. The van der Waals surface area contributed by atoms with E-state index in [1.807, 2.05) is 30.3 Å². The third kappa shape index (κ3) is 5.11. The van der Waals surface area contributed by atoms with E-state index in [1.54, 1.807) is 55.6 Å². The van der Waals surface area contributed by atoms with Gasteiger partial charge in [-0.25, -0.2) is 0 Å². The highest BCUT2D eigenvalue weighted by molar-refractivity contribution is 8.00. The summed E-state index contributed by atoms with van der Waals surface area (Å²) in [4.78, 5) is 27.9. The highest BCUT2D eigenvalue weighted by Gasteiger charge is 2.48. The average molecular weight is 550 g/mol. The van der Waals surface area contributed by atoms with Gasteiger partial charge in [-0.15, -0.1) is 10.2 Å². The van der Waals surface area contributed by atoms with Gasteiger partial charge in [0.2, 0.25) is 5.13 Å². The van der Waals surface area contributed by atoms with Gasteiger partial charge in [-0.1, -0.05) is 77.2 Å². The summed E-state index contributed by atoms with van der Waals surface area (Å²) in [7, 11) is 1.55. The number of carbonyl (C=O) groups excluding carboxylic acids is 2. The topological polar surface area (TPSA) is 92.6 Å². The maximum absolute atomic E-state index is 13.3. The molecule has 0 saturated carbocycles. The molecule has 2 heterocycles. The summed E-state index contributed by atoms with van der Waals surface area (Å²) in [6.07, 6.45) is 0. The molecule has 1 saturated heterocycles. The molecule has 1 fully saturated rings. The van der Waals surface area contributed by atoms with Gasteiger partial charge in [0.25, 0.3) is 5.78 Å². The number of thioether (sulfide) groups is 1. The molecule has 1 N–H and O–H groups in total. The second-order valence-corrected chi connectivity index (χ2v) is 10.7. The fourth-order valence-corrected chi connectivity index (χ4v) is 5.92. The highest BCUT2D eigenvalue weighted by atomic mass is 35.5. The Labute approximate surface area is 226 Å². The molecule has 3 aromatic carbocycles.